The van der Waals surface area contributed by atoms with Crippen molar-refractivity contribution in [2.45, 2.75) is 37.8 Å². The number of aromatic nitrogens is 2. The maximum absolute atomic E-state index is 12.6. The molecule has 0 atom stereocenters. The second-order valence-electron chi connectivity index (χ2n) is 6.79. The van der Waals surface area contributed by atoms with Gasteiger partial charge in [0, 0.05) is 20.0 Å². The average Bonchev–Trinajstić information content (AvgIpc) is 3.11. The van der Waals surface area contributed by atoms with Gasteiger partial charge in [0.1, 0.15) is 0 Å². The molecule has 30 heavy (non-hydrogen) atoms. The first-order chi connectivity index (χ1) is 14.4. The van der Waals surface area contributed by atoms with Crippen molar-refractivity contribution < 1.29 is 14.4 Å². The minimum absolute atomic E-state index is 0.0132. The number of nitrogens with one attached hydrogen (secondary N) is 3. The number of carbonyl (C=O) groups excluding carboxylic acids is 3. The van der Waals surface area contributed by atoms with Gasteiger partial charge in [-0.25, -0.2) is 4.98 Å². The summed E-state index contributed by atoms with van der Waals surface area (Å²) in [5, 5.41) is 6.92. The Labute approximate surface area is 181 Å². The Morgan fingerprint density at radius 2 is 1.93 bits per heavy atom. The largest absolute Gasteiger partial charge is 0.342 e. The van der Waals surface area contributed by atoms with Crippen LogP contribution in [0.5, 0.6) is 0 Å². The normalized spacial score (nSPS) is 14.1. The summed E-state index contributed by atoms with van der Waals surface area (Å²) >= 11 is 2.32. The van der Waals surface area contributed by atoms with Gasteiger partial charge in [-0.05, 0) is 24.3 Å². The first kappa shape index (κ1) is 22.0. The zero-order valence-electron chi connectivity index (χ0n) is 16.5. The SMILES string of the molecule is CC(=O)Nc1nc(SCC(=O)N2CCCCCC2)[nH]c(=O)c1NC(=O)c1cccs1. The van der Waals surface area contributed by atoms with Crippen molar-refractivity contribution in [1.29, 1.82) is 0 Å². The zero-order valence-corrected chi connectivity index (χ0v) is 18.2. The fraction of sp³-hybridized carbons (Fsp3) is 0.421. The number of rotatable bonds is 6. The van der Waals surface area contributed by atoms with Gasteiger partial charge < -0.3 is 15.5 Å². The van der Waals surface area contributed by atoms with Crippen molar-refractivity contribution in [3.05, 3.63) is 32.7 Å². The smallest absolute Gasteiger partial charge is 0.277 e. The van der Waals surface area contributed by atoms with Crippen molar-refractivity contribution >= 4 is 52.3 Å². The molecule has 3 heterocycles. The molecule has 3 N–H and O–H groups in total. The molecular weight excluding hydrogens is 426 g/mol. The van der Waals surface area contributed by atoms with Crippen molar-refractivity contribution in [2.24, 2.45) is 0 Å². The number of carbonyl (C=O) groups is 3. The van der Waals surface area contributed by atoms with E-state index in [2.05, 4.69) is 20.6 Å². The Morgan fingerprint density at radius 3 is 2.57 bits per heavy atom. The third-order valence-electron chi connectivity index (χ3n) is 4.47. The highest BCUT2D eigenvalue weighted by Gasteiger charge is 2.19. The molecule has 3 rings (SSSR count). The van der Waals surface area contributed by atoms with Crippen LogP contribution >= 0.6 is 23.1 Å². The van der Waals surface area contributed by atoms with Crippen LogP contribution in [0.2, 0.25) is 0 Å². The van der Waals surface area contributed by atoms with E-state index in [0.717, 1.165) is 50.5 Å². The summed E-state index contributed by atoms with van der Waals surface area (Å²) in [5.74, 6) is -0.845. The number of aromatic amines is 1. The van der Waals surface area contributed by atoms with Crippen LogP contribution in [-0.4, -0.2) is 51.4 Å². The summed E-state index contributed by atoms with van der Waals surface area (Å²) in [6, 6.07) is 3.34. The number of thioether (sulfide) groups is 1. The Morgan fingerprint density at radius 1 is 1.20 bits per heavy atom. The van der Waals surface area contributed by atoms with Gasteiger partial charge in [0.2, 0.25) is 11.8 Å². The summed E-state index contributed by atoms with van der Waals surface area (Å²) in [4.78, 5) is 58.0. The van der Waals surface area contributed by atoms with Crippen LogP contribution < -0.4 is 16.2 Å². The molecule has 0 aliphatic carbocycles. The predicted molar refractivity (Wildman–Crippen MR) is 117 cm³/mol. The standard InChI is InChI=1S/C19H23N5O4S2/c1-12(25)20-16-15(21-17(27)13-7-6-10-29-13)18(28)23-19(22-16)30-11-14(26)24-8-4-2-3-5-9-24/h6-7,10H,2-5,8-9,11H2,1H3,(H,21,27)(H2,20,22,23,25,28). The molecule has 3 amide bonds. The Kier molecular flexibility index (Phi) is 7.63. The number of likely N-dealkylation sites (tertiary alicyclic amines) is 1. The summed E-state index contributed by atoms with van der Waals surface area (Å²) in [6.45, 7) is 2.77. The lowest BCUT2D eigenvalue weighted by Gasteiger charge is -2.19. The van der Waals surface area contributed by atoms with Crippen LogP contribution in [0.25, 0.3) is 0 Å². The van der Waals surface area contributed by atoms with E-state index in [4.69, 9.17) is 0 Å². The van der Waals surface area contributed by atoms with Crippen LogP contribution in [0.1, 0.15) is 42.3 Å². The van der Waals surface area contributed by atoms with Gasteiger partial charge in [-0.1, -0.05) is 30.7 Å². The molecule has 0 spiro atoms. The van der Waals surface area contributed by atoms with E-state index in [1.807, 2.05) is 4.90 Å². The van der Waals surface area contributed by atoms with Gasteiger partial charge in [0.25, 0.3) is 11.5 Å². The lowest BCUT2D eigenvalue weighted by Crippen LogP contribution is -2.33. The first-order valence-corrected chi connectivity index (χ1v) is 11.5. The molecule has 0 saturated carbocycles. The highest BCUT2D eigenvalue weighted by atomic mass is 32.2. The second kappa shape index (κ2) is 10.4. The zero-order chi connectivity index (χ0) is 21.5. The molecule has 160 valence electrons. The van der Waals surface area contributed by atoms with Gasteiger partial charge in [0.15, 0.2) is 16.7 Å². The van der Waals surface area contributed by atoms with E-state index in [9.17, 15) is 19.2 Å². The van der Waals surface area contributed by atoms with Crippen molar-refractivity contribution in [3.8, 4) is 0 Å². The average molecular weight is 450 g/mol. The molecule has 1 fully saturated rings. The minimum Gasteiger partial charge on any atom is -0.342 e. The number of amides is 3. The Balaban J connectivity index is 1.74. The van der Waals surface area contributed by atoms with Crippen molar-refractivity contribution in [3.63, 3.8) is 0 Å². The number of nitrogens with zero attached hydrogens (tertiary/aromatic N) is 2. The van der Waals surface area contributed by atoms with Crippen LogP contribution in [0.15, 0.2) is 27.5 Å². The lowest BCUT2D eigenvalue weighted by molar-refractivity contribution is -0.128. The molecule has 2 aromatic rings. The van der Waals surface area contributed by atoms with Crippen LogP contribution in [0, 0.1) is 0 Å². The number of anilines is 2. The van der Waals surface area contributed by atoms with E-state index in [0.29, 0.717) is 4.88 Å². The lowest BCUT2D eigenvalue weighted by atomic mass is 10.2. The first-order valence-electron chi connectivity index (χ1n) is 9.61. The summed E-state index contributed by atoms with van der Waals surface area (Å²) in [6.07, 6.45) is 4.25. The topological polar surface area (TPSA) is 124 Å². The molecular formula is C19H23N5O4S2. The third kappa shape index (κ3) is 5.92. The van der Waals surface area contributed by atoms with E-state index in [1.54, 1.807) is 17.5 Å². The van der Waals surface area contributed by atoms with Crippen LogP contribution in [0.3, 0.4) is 0 Å². The molecule has 9 nitrogen and oxygen atoms in total. The summed E-state index contributed by atoms with van der Waals surface area (Å²) < 4.78 is 0. The second-order valence-corrected chi connectivity index (χ2v) is 8.70. The molecule has 0 bridgehead atoms. The van der Waals surface area contributed by atoms with Gasteiger partial charge in [-0.2, -0.15) is 0 Å². The maximum Gasteiger partial charge on any atom is 0.277 e. The van der Waals surface area contributed by atoms with Crippen LogP contribution in [0.4, 0.5) is 11.5 Å². The minimum atomic E-state index is -0.608. The van der Waals surface area contributed by atoms with E-state index in [1.165, 1.54) is 18.3 Å². The van der Waals surface area contributed by atoms with Gasteiger partial charge in [0.05, 0.1) is 10.6 Å². The highest BCUT2D eigenvalue weighted by molar-refractivity contribution is 7.99. The Hall–Kier alpha value is -2.66. The molecule has 0 radical (unpaired) electrons. The molecule has 1 aliphatic rings. The fourth-order valence-electron chi connectivity index (χ4n) is 3.02. The monoisotopic (exact) mass is 449 g/mol. The number of thiophene rings is 1. The van der Waals surface area contributed by atoms with Gasteiger partial charge in [-0.3, -0.25) is 24.2 Å². The summed E-state index contributed by atoms with van der Waals surface area (Å²) in [5.41, 5.74) is -0.754. The van der Waals surface area contributed by atoms with E-state index >= 15 is 0 Å². The molecule has 0 unspecified atom stereocenters. The molecule has 0 aromatic carbocycles. The number of hydrogen-bond donors (Lipinski definition) is 3. The van der Waals surface area contributed by atoms with E-state index in [-0.39, 0.29) is 28.3 Å². The van der Waals surface area contributed by atoms with Crippen LogP contribution in [-0.2, 0) is 9.59 Å². The Bertz CT molecular complexity index is 966. The number of H-pyrrole nitrogens is 1. The van der Waals surface area contributed by atoms with E-state index < -0.39 is 17.4 Å². The highest BCUT2D eigenvalue weighted by Crippen LogP contribution is 2.21. The van der Waals surface area contributed by atoms with Crippen molar-refractivity contribution in [1.82, 2.24) is 14.9 Å². The van der Waals surface area contributed by atoms with Gasteiger partial charge >= 0.3 is 0 Å². The predicted octanol–water partition coefficient (Wildman–Crippen LogP) is 2.54. The third-order valence-corrected chi connectivity index (χ3v) is 6.19. The van der Waals surface area contributed by atoms with Crippen molar-refractivity contribution in [2.75, 3.05) is 29.5 Å². The maximum atomic E-state index is 12.6. The molecule has 1 saturated heterocycles. The molecule has 2 aromatic heterocycles. The fourth-order valence-corrected chi connectivity index (χ4v) is 4.40. The quantitative estimate of drug-likeness (QED) is 0.460. The molecule has 1 aliphatic heterocycles. The molecule has 11 heteroatoms. The van der Waals surface area contributed by atoms with Gasteiger partial charge in [-0.15, -0.1) is 11.3 Å². The number of hydrogen-bond acceptors (Lipinski definition) is 7. The summed E-state index contributed by atoms with van der Waals surface area (Å²) in [7, 11) is 0.